The lowest BCUT2D eigenvalue weighted by Gasteiger charge is -2.24. The third-order valence-corrected chi connectivity index (χ3v) is 8.12. The number of nitrogens with one attached hydrogen (secondary N) is 1. The van der Waals surface area contributed by atoms with Crippen LogP contribution in [0.4, 0.5) is 5.69 Å². The Morgan fingerprint density at radius 3 is 2.47 bits per heavy atom. The van der Waals surface area contributed by atoms with E-state index in [2.05, 4.69) is 5.32 Å². The van der Waals surface area contributed by atoms with Gasteiger partial charge in [0.25, 0.3) is 10.0 Å². The Labute approximate surface area is 214 Å². The first-order chi connectivity index (χ1) is 16.3. The van der Waals surface area contributed by atoms with Crippen LogP contribution in [0.5, 0.6) is 5.75 Å². The van der Waals surface area contributed by atoms with Crippen molar-refractivity contribution in [2.45, 2.75) is 10.6 Å². The molecule has 0 aliphatic carbocycles. The Morgan fingerprint density at radius 2 is 1.79 bits per heavy atom. The van der Waals surface area contributed by atoms with Gasteiger partial charge in [0.05, 0.1) is 22.7 Å². The number of nitrogens with zero attached hydrogens (tertiary/aromatic N) is 1. The lowest BCUT2D eigenvalue weighted by atomic mass is 10.2. The number of anilines is 1. The Balaban J connectivity index is 1.67. The molecule has 0 fully saturated rings. The van der Waals surface area contributed by atoms with E-state index in [9.17, 15) is 13.2 Å². The summed E-state index contributed by atoms with van der Waals surface area (Å²) in [5.74, 6) is 1.41. The van der Waals surface area contributed by atoms with Gasteiger partial charge in [0.1, 0.15) is 12.3 Å². The summed E-state index contributed by atoms with van der Waals surface area (Å²) in [5, 5.41) is 3.72. The molecule has 6 nitrogen and oxygen atoms in total. The van der Waals surface area contributed by atoms with Crippen molar-refractivity contribution in [2.75, 3.05) is 30.3 Å². The summed E-state index contributed by atoms with van der Waals surface area (Å²) >= 11 is 13.9. The van der Waals surface area contributed by atoms with Crippen LogP contribution >= 0.6 is 35.0 Å². The van der Waals surface area contributed by atoms with Crippen molar-refractivity contribution < 1.29 is 17.9 Å². The molecule has 0 saturated heterocycles. The average Bonchev–Trinajstić information content (AvgIpc) is 2.83. The van der Waals surface area contributed by atoms with E-state index in [1.807, 2.05) is 24.3 Å². The fraction of sp³-hybridized carbons (Fsp3) is 0.208. The molecule has 10 heteroatoms. The number of methoxy groups -OCH3 is 1. The minimum Gasteiger partial charge on any atom is -0.495 e. The quantitative estimate of drug-likeness (QED) is 0.337. The summed E-state index contributed by atoms with van der Waals surface area (Å²) in [7, 11) is -2.54. The molecule has 0 saturated carbocycles. The second-order valence-corrected chi connectivity index (χ2v) is 11.0. The molecule has 1 amide bonds. The van der Waals surface area contributed by atoms with E-state index >= 15 is 0 Å². The Bertz CT molecular complexity index is 1220. The van der Waals surface area contributed by atoms with E-state index < -0.39 is 22.5 Å². The Morgan fingerprint density at radius 1 is 1.03 bits per heavy atom. The van der Waals surface area contributed by atoms with Crippen molar-refractivity contribution in [2.24, 2.45) is 0 Å². The molecule has 34 heavy (non-hydrogen) atoms. The van der Waals surface area contributed by atoms with Gasteiger partial charge in [-0.15, -0.1) is 0 Å². The number of hydrogen-bond donors (Lipinski definition) is 1. The zero-order valence-electron chi connectivity index (χ0n) is 18.4. The van der Waals surface area contributed by atoms with E-state index in [-0.39, 0.29) is 15.6 Å². The first-order valence-electron chi connectivity index (χ1n) is 10.3. The minimum atomic E-state index is -4.01. The molecule has 180 valence electrons. The summed E-state index contributed by atoms with van der Waals surface area (Å²) in [5.41, 5.74) is 1.36. The van der Waals surface area contributed by atoms with Gasteiger partial charge in [0, 0.05) is 23.1 Å². The van der Waals surface area contributed by atoms with Crippen molar-refractivity contribution in [3.63, 3.8) is 0 Å². The molecule has 0 heterocycles. The van der Waals surface area contributed by atoms with E-state index in [0.717, 1.165) is 15.6 Å². The molecular formula is C24H24Cl2N2O4S2. The first-order valence-corrected chi connectivity index (χ1v) is 13.7. The van der Waals surface area contributed by atoms with E-state index in [1.165, 1.54) is 25.3 Å². The van der Waals surface area contributed by atoms with Crippen LogP contribution in [-0.4, -0.2) is 40.3 Å². The summed E-state index contributed by atoms with van der Waals surface area (Å²) in [6.07, 6.45) is 0. The first kappa shape index (κ1) is 26.2. The topological polar surface area (TPSA) is 75.7 Å². The third kappa shape index (κ3) is 7.06. The molecule has 0 unspecified atom stereocenters. The van der Waals surface area contributed by atoms with Crippen LogP contribution in [-0.2, 0) is 20.6 Å². The molecule has 0 radical (unpaired) electrons. The average molecular weight is 540 g/mol. The van der Waals surface area contributed by atoms with E-state index in [1.54, 1.807) is 42.1 Å². The third-order valence-electron chi connectivity index (χ3n) is 4.77. The van der Waals surface area contributed by atoms with Crippen LogP contribution in [0.15, 0.2) is 77.7 Å². The maximum absolute atomic E-state index is 13.4. The van der Waals surface area contributed by atoms with Crippen molar-refractivity contribution in [3.05, 3.63) is 88.4 Å². The molecule has 0 aromatic heterocycles. The summed E-state index contributed by atoms with van der Waals surface area (Å²) in [4.78, 5) is 12.8. The standard InChI is InChI=1S/C24H24Cl2N2O4S2/c1-32-23-11-10-20(15-22(23)26)28(34(30,31)21-8-3-2-4-9-21)16-24(29)27-12-13-33-17-18-6-5-7-19(25)14-18/h2-11,14-15H,12-13,16-17H2,1H3,(H,27,29). The largest absolute Gasteiger partial charge is 0.495 e. The summed E-state index contributed by atoms with van der Waals surface area (Å²) < 4.78 is 32.9. The van der Waals surface area contributed by atoms with Gasteiger partial charge in [-0.05, 0) is 48.0 Å². The monoisotopic (exact) mass is 538 g/mol. The van der Waals surface area contributed by atoms with Crippen LogP contribution in [0.25, 0.3) is 0 Å². The number of benzene rings is 3. The normalized spacial score (nSPS) is 11.1. The number of carbonyl (C=O) groups excluding carboxylic acids is 1. The van der Waals surface area contributed by atoms with Crippen LogP contribution < -0.4 is 14.4 Å². The molecular weight excluding hydrogens is 515 g/mol. The number of thioether (sulfide) groups is 1. The minimum absolute atomic E-state index is 0.0758. The van der Waals surface area contributed by atoms with Gasteiger partial charge in [0.2, 0.25) is 5.91 Å². The lowest BCUT2D eigenvalue weighted by molar-refractivity contribution is -0.119. The summed E-state index contributed by atoms with van der Waals surface area (Å²) in [6.45, 7) is 0.00546. The lowest BCUT2D eigenvalue weighted by Crippen LogP contribution is -2.41. The molecule has 3 aromatic rings. The highest BCUT2D eigenvalue weighted by Gasteiger charge is 2.27. The van der Waals surface area contributed by atoms with Gasteiger partial charge in [-0.25, -0.2) is 8.42 Å². The second kappa shape index (κ2) is 12.4. The smallest absolute Gasteiger partial charge is 0.264 e. The van der Waals surface area contributed by atoms with Gasteiger partial charge in [0.15, 0.2) is 0 Å². The number of halogens is 2. The maximum Gasteiger partial charge on any atom is 0.264 e. The van der Waals surface area contributed by atoms with Gasteiger partial charge in [-0.3, -0.25) is 9.10 Å². The second-order valence-electron chi connectivity index (χ2n) is 7.18. The van der Waals surface area contributed by atoms with Crippen molar-refractivity contribution in [1.29, 1.82) is 0 Å². The molecule has 3 aromatic carbocycles. The predicted octanol–water partition coefficient (Wildman–Crippen LogP) is 5.25. The van der Waals surface area contributed by atoms with Gasteiger partial charge >= 0.3 is 0 Å². The molecule has 0 atom stereocenters. The maximum atomic E-state index is 13.4. The van der Waals surface area contributed by atoms with Gasteiger partial charge < -0.3 is 10.1 Å². The highest BCUT2D eigenvalue weighted by atomic mass is 35.5. The fourth-order valence-corrected chi connectivity index (χ4v) is 5.82. The number of sulfonamides is 1. The van der Waals surface area contributed by atoms with Crippen LogP contribution in [0.1, 0.15) is 5.56 Å². The molecule has 0 aliphatic rings. The van der Waals surface area contributed by atoms with E-state index in [4.69, 9.17) is 27.9 Å². The van der Waals surface area contributed by atoms with Crippen molar-refractivity contribution in [3.8, 4) is 5.75 Å². The Kier molecular flexibility index (Phi) is 9.53. The fourth-order valence-electron chi connectivity index (χ4n) is 3.11. The SMILES string of the molecule is COc1ccc(N(CC(=O)NCCSCc2cccc(Cl)c2)S(=O)(=O)c2ccccc2)cc1Cl. The number of ether oxygens (including phenoxy) is 1. The Hall–Kier alpha value is -2.39. The molecule has 1 N–H and O–H groups in total. The highest BCUT2D eigenvalue weighted by molar-refractivity contribution is 7.98. The number of carbonyl (C=O) groups is 1. The van der Waals surface area contributed by atoms with Crippen LogP contribution in [0.2, 0.25) is 10.0 Å². The molecule has 0 spiro atoms. The molecule has 0 aliphatic heterocycles. The number of hydrogen-bond acceptors (Lipinski definition) is 5. The number of amides is 1. The summed E-state index contributed by atoms with van der Waals surface area (Å²) in [6, 6.07) is 20.1. The molecule has 3 rings (SSSR count). The zero-order chi connectivity index (χ0) is 24.6. The van der Waals surface area contributed by atoms with Crippen LogP contribution in [0.3, 0.4) is 0 Å². The van der Waals surface area contributed by atoms with Gasteiger partial charge in [-0.1, -0.05) is 53.5 Å². The van der Waals surface area contributed by atoms with Crippen molar-refractivity contribution >= 4 is 56.6 Å². The predicted molar refractivity (Wildman–Crippen MR) is 140 cm³/mol. The molecule has 0 bridgehead atoms. The van der Waals surface area contributed by atoms with Gasteiger partial charge in [-0.2, -0.15) is 11.8 Å². The number of rotatable bonds is 11. The zero-order valence-corrected chi connectivity index (χ0v) is 21.6. The van der Waals surface area contributed by atoms with Crippen LogP contribution in [0, 0.1) is 0 Å². The van der Waals surface area contributed by atoms with Crippen molar-refractivity contribution in [1.82, 2.24) is 5.32 Å². The van der Waals surface area contributed by atoms with E-state index in [0.29, 0.717) is 23.1 Å². The highest BCUT2D eigenvalue weighted by Crippen LogP contribution is 2.31.